The van der Waals surface area contributed by atoms with Crippen LogP contribution in [-0.2, 0) is 16.1 Å². The SMILES string of the molecule is NC(=O)CN1CCCC(C(=O)Nc2cccc(CN3CCCC3)c2)C1. The number of piperidine rings is 1. The lowest BCUT2D eigenvalue weighted by atomic mass is 9.97. The molecule has 2 amide bonds. The van der Waals surface area contributed by atoms with E-state index in [0.29, 0.717) is 6.54 Å². The fourth-order valence-corrected chi connectivity index (χ4v) is 3.82. The van der Waals surface area contributed by atoms with Gasteiger partial charge in [-0.3, -0.25) is 19.4 Å². The quantitative estimate of drug-likeness (QED) is 0.818. The third-order valence-corrected chi connectivity index (χ3v) is 5.06. The van der Waals surface area contributed by atoms with Gasteiger partial charge in [-0.2, -0.15) is 0 Å². The average molecular weight is 344 g/mol. The van der Waals surface area contributed by atoms with Crippen molar-refractivity contribution >= 4 is 17.5 Å². The third-order valence-electron chi connectivity index (χ3n) is 5.06. The van der Waals surface area contributed by atoms with Crippen molar-refractivity contribution in [1.82, 2.24) is 9.80 Å². The molecular weight excluding hydrogens is 316 g/mol. The normalized spacial score (nSPS) is 22.0. The van der Waals surface area contributed by atoms with Gasteiger partial charge >= 0.3 is 0 Å². The number of hydrogen-bond acceptors (Lipinski definition) is 4. The number of anilines is 1. The van der Waals surface area contributed by atoms with Gasteiger partial charge in [-0.1, -0.05) is 12.1 Å². The predicted molar refractivity (Wildman–Crippen MR) is 97.9 cm³/mol. The van der Waals surface area contributed by atoms with Gasteiger partial charge in [0.15, 0.2) is 0 Å². The summed E-state index contributed by atoms with van der Waals surface area (Å²) in [6.45, 7) is 4.93. The van der Waals surface area contributed by atoms with Crippen LogP contribution in [0.1, 0.15) is 31.2 Å². The molecule has 136 valence electrons. The highest BCUT2D eigenvalue weighted by Crippen LogP contribution is 2.20. The van der Waals surface area contributed by atoms with Gasteiger partial charge < -0.3 is 11.1 Å². The van der Waals surface area contributed by atoms with Gasteiger partial charge in [-0.15, -0.1) is 0 Å². The van der Waals surface area contributed by atoms with E-state index in [1.165, 1.54) is 18.4 Å². The van der Waals surface area contributed by atoms with Crippen LogP contribution in [-0.4, -0.2) is 54.3 Å². The van der Waals surface area contributed by atoms with Crippen molar-refractivity contribution in [3.8, 4) is 0 Å². The van der Waals surface area contributed by atoms with Gasteiger partial charge in [0.1, 0.15) is 0 Å². The number of rotatable bonds is 6. The van der Waals surface area contributed by atoms with E-state index in [2.05, 4.69) is 22.3 Å². The molecule has 1 atom stereocenters. The molecule has 0 aliphatic carbocycles. The Morgan fingerprint density at radius 2 is 1.88 bits per heavy atom. The molecule has 0 bridgehead atoms. The summed E-state index contributed by atoms with van der Waals surface area (Å²) in [5, 5.41) is 3.05. The van der Waals surface area contributed by atoms with E-state index in [-0.39, 0.29) is 24.3 Å². The van der Waals surface area contributed by atoms with Crippen LogP contribution in [0.15, 0.2) is 24.3 Å². The summed E-state index contributed by atoms with van der Waals surface area (Å²) >= 11 is 0. The number of hydrogen-bond donors (Lipinski definition) is 2. The number of primary amides is 1. The maximum absolute atomic E-state index is 12.6. The highest BCUT2D eigenvalue weighted by Gasteiger charge is 2.26. The summed E-state index contributed by atoms with van der Waals surface area (Å²) in [6, 6.07) is 8.13. The standard InChI is InChI=1S/C19H28N4O2/c20-18(24)14-23-10-4-6-16(13-23)19(25)21-17-7-3-5-15(11-17)12-22-8-1-2-9-22/h3,5,7,11,16H,1-2,4,6,8-10,12-14H2,(H2,20,24)(H,21,25). The van der Waals surface area contributed by atoms with Crippen LogP contribution in [0.5, 0.6) is 0 Å². The molecule has 3 N–H and O–H groups in total. The van der Waals surface area contributed by atoms with E-state index in [4.69, 9.17) is 5.73 Å². The molecule has 25 heavy (non-hydrogen) atoms. The van der Waals surface area contributed by atoms with Gasteiger partial charge in [-0.25, -0.2) is 0 Å². The third kappa shape index (κ3) is 5.28. The monoisotopic (exact) mass is 344 g/mol. The number of nitrogens with zero attached hydrogens (tertiary/aromatic N) is 2. The lowest BCUT2D eigenvalue weighted by Crippen LogP contribution is -2.44. The lowest BCUT2D eigenvalue weighted by Gasteiger charge is -2.31. The van der Waals surface area contributed by atoms with Crippen molar-refractivity contribution in [2.24, 2.45) is 11.7 Å². The zero-order chi connectivity index (χ0) is 17.6. The number of nitrogens with two attached hydrogens (primary N) is 1. The van der Waals surface area contributed by atoms with Crippen LogP contribution < -0.4 is 11.1 Å². The van der Waals surface area contributed by atoms with E-state index in [1.807, 2.05) is 17.0 Å². The van der Waals surface area contributed by atoms with Crippen molar-refractivity contribution in [3.63, 3.8) is 0 Å². The smallest absolute Gasteiger partial charge is 0.231 e. The van der Waals surface area contributed by atoms with Gasteiger partial charge in [0.05, 0.1) is 12.5 Å². The Labute approximate surface area is 149 Å². The van der Waals surface area contributed by atoms with Crippen LogP contribution >= 0.6 is 0 Å². The van der Waals surface area contributed by atoms with Gasteiger partial charge in [0.25, 0.3) is 0 Å². The molecule has 1 unspecified atom stereocenters. The molecule has 2 heterocycles. The maximum Gasteiger partial charge on any atom is 0.231 e. The number of carbonyl (C=O) groups is 2. The summed E-state index contributed by atoms with van der Waals surface area (Å²) < 4.78 is 0. The van der Waals surface area contributed by atoms with Crippen molar-refractivity contribution < 1.29 is 9.59 Å². The Hall–Kier alpha value is -1.92. The average Bonchev–Trinajstić information content (AvgIpc) is 3.08. The molecule has 1 aromatic rings. The Morgan fingerprint density at radius 1 is 1.12 bits per heavy atom. The lowest BCUT2D eigenvalue weighted by molar-refractivity contribution is -0.124. The summed E-state index contributed by atoms with van der Waals surface area (Å²) in [5.74, 6) is -0.390. The Kier molecular flexibility index (Phi) is 6.04. The minimum absolute atomic E-state index is 0.0347. The molecule has 2 fully saturated rings. The van der Waals surface area contributed by atoms with Crippen LogP contribution in [0.25, 0.3) is 0 Å². The summed E-state index contributed by atoms with van der Waals surface area (Å²) in [5.41, 5.74) is 7.36. The van der Waals surface area contributed by atoms with Gasteiger partial charge in [0.2, 0.25) is 11.8 Å². The molecule has 0 spiro atoms. The van der Waals surface area contributed by atoms with Gasteiger partial charge in [0, 0.05) is 18.8 Å². The second kappa shape index (κ2) is 8.45. The van der Waals surface area contributed by atoms with E-state index in [0.717, 1.165) is 44.7 Å². The fraction of sp³-hybridized carbons (Fsp3) is 0.579. The zero-order valence-corrected chi connectivity index (χ0v) is 14.7. The largest absolute Gasteiger partial charge is 0.369 e. The second-order valence-corrected chi connectivity index (χ2v) is 7.21. The Bertz CT molecular complexity index is 613. The molecule has 2 saturated heterocycles. The summed E-state index contributed by atoms with van der Waals surface area (Å²) in [6.07, 6.45) is 4.33. The van der Waals surface area contributed by atoms with E-state index in [9.17, 15) is 9.59 Å². The van der Waals surface area contributed by atoms with E-state index in [1.54, 1.807) is 0 Å². The Morgan fingerprint density at radius 3 is 2.64 bits per heavy atom. The van der Waals surface area contributed by atoms with Crippen LogP contribution in [0.4, 0.5) is 5.69 Å². The van der Waals surface area contributed by atoms with Crippen LogP contribution in [0.3, 0.4) is 0 Å². The minimum atomic E-state index is -0.337. The molecule has 1 aromatic carbocycles. The first-order valence-electron chi connectivity index (χ1n) is 9.23. The van der Waals surface area contributed by atoms with Crippen LogP contribution in [0, 0.1) is 5.92 Å². The predicted octanol–water partition coefficient (Wildman–Crippen LogP) is 1.42. The van der Waals surface area contributed by atoms with Gasteiger partial charge in [-0.05, 0) is 63.0 Å². The van der Waals surface area contributed by atoms with Crippen molar-refractivity contribution in [1.29, 1.82) is 0 Å². The second-order valence-electron chi connectivity index (χ2n) is 7.21. The van der Waals surface area contributed by atoms with Crippen molar-refractivity contribution in [2.45, 2.75) is 32.2 Å². The Balaban J connectivity index is 1.55. The maximum atomic E-state index is 12.6. The number of amides is 2. The molecule has 3 rings (SSSR count). The van der Waals surface area contributed by atoms with Crippen molar-refractivity contribution in [3.05, 3.63) is 29.8 Å². The van der Waals surface area contributed by atoms with E-state index < -0.39 is 0 Å². The number of benzene rings is 1. The first kappa shape index (κ1) is 17.9. The molecule has 6 heteroatoms. The molecule has 0 aromatic heterocycles. The molecule has 6 nitrogen and oxygen atoms in total. The molecule has 0 radical (unpaired) electrons. The first-order chi connectivity index (χ1) is 12.1. The summed E-state index contributed by atoms with van der Waals surface area (Å²) in [4.78, 5) is 28.1. The van der Waals surface area contributed by atoms with Crippen molar-refractivity contribution in [2.75, 3.05) is 38.0 Å². The fourth-order valence-electron chi connectivity index (χ4n) is 3.82. The highest BCUT2D eigenvalue weighted by atomic mass is 16.2. The van der Waals surface area contributed by atoms with E-state index >= 15 is 0 Å². The summed E-state index contributed by atoms with van der Waals surface area (Å²) in [7, 11) is 0. The molecule has 0 saturated carbocycles. The minimum Gasteiger partial charge on any atom is -0.369 e. The molecular formula is C19H28N4O2. The highest BCUT2D eigenvalue weighted by molar-refractivity contribution is 5.92. The molecule has 2 aliphatic rings. The zero-order valence-electron chi connectivity index (χ0n) is 14.7. The molecule has 2 aliphatic heterocycles. The number of carbonyl (C=O) groups excluding carboxylic acids is 2. The van der Waals surface area contributed by atoms with Crippen LogP contribution in [0.2, 0.25) is 0 Å². The topological polar surface area (TPSA) is 78.7 Å². The number of likely N-dealkylation sites (tertiary alicyclic amines) is 2. The first-order valence-corrected chi connectivity index (χ1v) is 9.23. The number of nitrogens with one attached hydrogen (secondary N) is 1.